The summed E-state index contributed by atoms with van der Waals surface area (Å²) < 4.78 is 31.9. The van der Waals surface area contributed by atoms with Gasteiger partial charge in [-0.2, -0.15) is 0 Å². The van der Waals surface area contributed by atoms with Crippen LogP contribution in [-0.2, 0) is 14.8 Å². The summed E-state index contributed by atoms with van der Waals surface area (Å²) in [5, 5.41) is 2.67. The van der Waals surface area contributed by atoms with Crippen LogP contribution in [0.25, 0.3) is 0 Å². The summed E-state index contributed by atoms with van der Waals surface area (Å²) in [7, 11) is -2.41. The van der Waals surface area contributed by atoms with Gasteiger partial charge in [-0.25, -0.2) is 17.9 Å². The van der Waals surface area contributed by atoms with Crippen molar-refractivity contribution in [2.24, 2.45) is 0 Å². The Balaban J connectivity index is 2.16. The average Bonchev–Trinajstić information content (AvgIpc) is 2.67. The molecule has 2 rings (SSSR count). The Morgan fingerprint density at radius 1 is 1.07 bits per heavy atom. The van der Waals surface area contributed by atoms with E-state index in [0.29, 0.717) is 17.7 Å². The molecule has 2 N–H and O–H groups in total. The number of carbonyl (C=O) groups is 2. The second kappa shape index (κ2) is 8.79. The van der Waals surface area contributed by atoms with Crippen LogP contribution in [0, 0.1) is 0 Å². The van der Waals surface area contributed by atoms with Crippen molar-refractivity contribution in [2.75, 3.05) is 12.4 Å². The molecule has 0 saturated heterocycles. The van der Waals surface area contributed by atoms with Gasteiger partial charge in [-0.1, -0.05) is 13.0 Å². The van der Waals surface area contributed by atoms with Crippen LogP contribution in [0.15, 0.2) is 53.4 Å². The molecule has 0 radical (unpaired) electrons. The van der Waals surface area contributed by atoms with Crippen LogP contribution >= 0.6 is 0 Å². The molecular weight excluding hydrogens is 368 g/mol. The van der Waals surface area contributed by atoms with Crippen LogP contribution < -0.4 is 10.0 Å². The minimum atomic E-state index is -3.70. The highest BCUT2D eigenvalue weighted by atomic mass is 32.2. The highest BCUT2D eigenvalue weighted by Gasteiger charge is 2.18. The zero-order chi connectivity index (χ0) is 20.0. The first kappa shape index (κ1) is 20.6. The second-order valence-corrected chi connectivity index (χ2v) is 7.70. The van der Waals surface area contributed by atoms with Crippen molar-refractivity contribution in [3.05, 3.63) is 59.7 Å². The fourth-order valence-corrected chi connectivity index (χ4v) is 3.60. The molecule has 144 valence electrons. The number of esters is 1. The molecule has 2 aromatic rings. The predicted molar refractivity (Wildman–Crippen MR) is 102 cm³/mol. The van der Waals surface area contributed by atoms with E-state index in [2.05, 4.69) is 14.8 Å². The van der Waals surface area contributed by atoms with Gasteiger partial charge in [0.25, 0.3) is 5.91 Å². The van der Waals surface area contributed by atoms with Gasteiger partial charge in [-0.15, -0.1) is 0 Å². The summed E-state index contributed by atoms with van der Waals surface area (Å²) in [6.07, 6.45) is 0.654. The first-order chi connectivity index (χ1) is 12.8. The van der Waals surface area contributed by atoms with Crippen molar-refractivity contribution in [2.45, 2.75) is 31.2 Å². The van der Waals surface area contributed by atoms with Gasteiger partial charge in [-0.05, 0) is 55.8 Å². The van der Waals surface area contributed by atoms with Gasteiger partial charge in [0, 0.05) is 17.3 Å². The standard InChI is InChI=1S/C19H22N2O5S/c1-4-13(2)21-27(24,25)17-7-5-6-15(12-17)18(22)20-16-10-8-14(9-11-16)19(23)26-3/h5-13,21H,4H2,1-3H3,(H,20,22). The van der Waals surface area contributed by atoms with Gasteiger partial charge in [-0.3, -0.25) is 4.79 Å². The monoisotopic (exact) mass is 390 g/mol. The number of anilines is 1. The third-order valence-electron chi connectivity index (χ3n) is 3.94. The maximum Gasteiger partial charge on any atom is 0.337 e. The maximum absolute atomic E-state index is 12.4. The number of rotatable bonds is 7. The smallest absolute Gasteiger partial charge is 0.337 e. The second-order valence-electron chi connectivity index (χ2n) is 5.98. The molecule has 0 saturated carbocycles. The number of ether oxygens (including phenoxy) is 1. The SMILES string of the molecule is CCC(C)NS(=O)(=O)c1cccc(C(=O)Nc2ccc(C(=O)OC)cc2)c1. The molecule has 0 aliphatic rings. The van der Waals surface area contributed by atoms with Crippen molar-refractivity contribution in [3.63, 3.8) is 0 Å². The average molecular weight is 390 g/mol. The van der Waals surface area contributed by atoms with Crippen LogP contribution in [0.1, 0.15) is 41.0 Å². The molecule has 0 fully saturated rings. The molecule has 1 atom stereocenters. The summed E-state index contributed by atoms with van der Waals surface area (Å²) in [5.74, 6) is -0.930. The van der Waals surface area contributed by atoms with E-state index in [0.717, 1.165) is 0 Å². The summed E-state index contributed by atoms with van der Waals surface area (Å²) >= 11 is 0. The van der Waals surface area contributed by atoms with Gasteiger partial charge in [0.05, 0.1) is 17.6 Å². The number of hydrogen-bond acceptors (Lipinski definition) is 5. The highest BCUT2D eigenvalue weighted by molar-refractivity contribution is 7.89. The molecule has 1 unspecified atom stereocenters. The Labute approximate surface area is 158 Å². The lowest BCUT2D eigenvalue weighted by Crippen LogP contribution is -2.32. The fourth-order valence-electron chi connectivity index (χ4n) is 2.23. The van der Waals surface area contributed by atoms with E-state index in [-0.39, 0.29) is 16.5 Å². The van der Waals surface area contributed by atoms with E-state index >= 15 is 0 Å². The number of sulfonamides is 1. The van der Waals surface area contributed by atoms with Crippen LogP contribution in [0.3, 0.4) is 0 Å². The molecule has 27 heavy (non-hydrogen) atoms. The molecule has 0 spiro atoms. The number of hydrogen-bond donors (Lipinski definition) is 2. The molecule has 8 heteroatoms. The van der Waals surface area contributed by atoms with Crippen LogP contribution in [0.2, 0.25) is 0 Å². The third-order valence-corrected chi connectivity index (χ3v) is 5.53. The lowest BCUT2D eigenvalue weighted by Gasteiger charge is -2.13. The third kappa shape index (κ3) is 5.38. The van der Waals surface area contributed by atoms with Gasteiger partial charge in [0.1, 0.15) is 0 Å². The normalized spacial score (nSPS) is 12.3. The molecule has 0 aliphatic heterocycles. The minimum Gasteiger partial charge on any atom is -0.465 e. The molecule has 0 heterocycles. The highest BCUT2D eigenvalue weighted by Crippen LogP contribution is 2.16. The Morgan fingerprint density at radius 2 is 1.74 bits per heavy atom. The van der Waals surface area contributed by atoms with Crippen molar-refractivity contribution >= 4 is 27.6 Å². The summed E-state index contributed by atoms with van der Waals surface area (Å²) in [6, 6.07) is 11.8. The summed E-state index contributed by atoms with van der Waals surface area (Å²) in [4.78, 5) is 23.9. The molecule has 0 aromatic heterocycles. The molecule has 0 bridgehead atoms. The van der Waals surface area contributed by atoms with E-state index in [1.807, 2.05) is 6.92 Å². The molecule has 0 aliphatic carbocycles. The van der Waals surface area contributed by atoms with E-state index in [9.17, 15) is 18.0 Å². The van der Waals surface area contributed by atoms with Crippen molar-refractivity contribution < 1.29 is 22.7 Å². The first-order valence-electron chi connectivity index (χ1n) is 8.39. The Bertz CT molecular complexity index is 923. The van der Waals surface area contributed by atoms with E-state index in [1.165, 1.54) is 43.5 Å². The Hall–Kier alpha value is -2.71. The largest absolute Gasteiger partial charge is 0.465 e. The van der Waals surface area contributed by atoms with Crippen LogP contribution in [0.4, 0.5) is 5.69 Å². The van der Waals surface area contributed by atoms with Gasteiger partial charge < -0.3 is 10.1 Å². The maximum atomic E-state index is 12.4. The van der Waals surface area contributed by atoms with Crippen molar-refractivity contribution in [1.29, 1.82) is 0 Å². The van der Waals surface area contributed by atoms with E-state index < -0.39 is 21.9 Å². The quantitative estimate of drug-likeness (QED) is 0.708. The molecular formula is C19H22N2O5S. The van der Waals surface area contributed by atoms with Crippen molar-refractivity contribution in [1.82, 2.24) is 4.72 Å². The van der Waals surface area contributed by atoms with E-state index in [4.69, 9.17) is 0 Å². The Morgan fingerprint density at radius 3 is 2.33 bits per heavy atom. The Kier molecular flexibility index (Phi) is 6.70. The van der Waals surface area contributed by atoms with Gasteiger partial charge in [0.2, 0.25) is 10.0 Å². The predicted octanol–water partition coefficient (Wildman–Crippen LogP) is 2.80. The van der Waals surface area contributed by atoms with Gasteiger partial charge in [0.15, 0.2) is 0 Å². The number of amides is 1. The number of methoxy groups -OCH3 is 1. The molecule has 1 amide bonds. The first-order valence-corrected chi connectivity index (χ1v) is 9.87. The lowest BCUT2D eigenvalue weighted by molar-refractivity contribution is 0.0600. The van der Waals surface area contributed by atoms with Crippen molar-refractivity contribution in [3.8, 4) is 0 Å². The number of benzene rings is 2. The number of nitrogens with one attached hydrogen (secondary N) is 2. The molecule has 7 nitrogen and oxygen atoms in total. The summed E-state index contributed by atoms with van der Waals surface area (Å²) in [6.45, 7) is 3.65. The fraction of sp³-hybridized carbons (Fsp3) is 0.263. The topological polar surface area (TPSA) is 102 Å². The van der Waals surface area contributed by atoms with Crippen LogP contribution in [-0.4, -0.2) is 33.4 Å². The zero-order valence-corrected chi connectivity index (χ0v) is 16.2. The zero-order valence-electron chi connectivity index (χ0n) is 15.4. The van der Waals surface area contributed by atoms with Crippen LogP contribution in [0.5, 0.6) is 0 Å². The number of carbonyl (C=O) groups excluding carboxylic acids is 2. The minimum absolute atomic E-state index is 0.0245. The molecule has 2 aromatic carbocycles. The lowest BCUT2D eigenvalue weighted by atomic mass is 10.2. The van der Waals surface area contributed by atoms with Gasteiger partial charge >= 0.3 is 5.97 Å². The summed E-state index contributed by atoms with van der Waals surface area (Å²) in [5.41, 5.74) is 1.04. The van der Waals surface area contributed by atoms with E-state index in [1.54, 1.807) is 19.1 Å².